The lowest BCUT2D eigenvalue weighted by atomic mass is 10.0. The van der Waals surface area contributed by atoms with Crippen LogP contribution in [0.25, 0.3) is 10.9 Å². The predicted octanol–water partition coefficient (Wildman–Crippen LogP) is 5.38. The number of carbonyl (C=O) groups excluding carboxylic acids is 2. The minimum Gasteiger partial charge on any atom is -0.334 e. The Morgan fingerprint density at radius 2 is 1.60 bits per heavy atom. The van der Waals surface area contributed by atoms with Gasteiger partial charge in [0.2, 0.25) is 0 Å². The van der Waals surface area contributed by atoms with E-state index in [1.807, 2.05) is 23.1 Å². The molecule has 0 bridgehead atoms. The van der Waals surface area contributed by atoms with Gasteiger partial charge in [-0.15, -0.1) is 0 Å². The summed E-state index contributed by atoms with van der Waals surface area (Å²) in [6.45, 7) is 3.93. The molecule has 40 heavy (non-hydrogen) atoms. The number of nitrogens with zero attached hydrogens (tertiary/aromatic N) is 3. The van der Waals surface area contributed by atoms with E-state index >= 15 is 0 Å². The topological polar surface area (TPSA) is 81.3 Å². The monoisotopic (exact) mass is 543 g/mol. The molecule has 0 unspecified atom stereocenters. The Kier molecular flexibility index (Phi) is 7.30. The van der Waals surface area contributed by atoms with Gasteiger partial charge in [0.15, 0.2) is 5.82 Å². The summed E-state index contributed by atoms with van der Waals surface area (Å²) in [7, 11) is 0. The van der Waals surface area contributed by atoms with E-state index in [1.54, 1.807) is 24.3 Å². The highest BCUT2D eigenvalue weighted by molar-refractivity contribution is 6.08. The molecule has 2 N–H and O–H groups in total. The fraction of sp³-hybridized carbons (Fsp3) is 0.323. The van der Waals surface area contributed by atoms with Gasteiger partial charge in [-0.3, -0.25) is 14.7 Å². The minimum atomic E-state index is -0.623. The molecule has 0 saturated carbocycles. The number of aromatic amines is 1. The molecule has 4 aromatic rings. The first-order valence-electron chi connectivity index (χ1n) is 13.8. The van der Waals surface area contributed by atoms with Crippen molar-refractivity contribution < 1.29 is 18.4 Å². The number of carbonyl (C=O) groups is 2. The van der Waals surface area contributed by atoms with E-state index in [-0.39, 0.29) is 17.9 Å². The number of rotatable bonds is 7. The van der Waals surface area contributed by atoms with Crippen molar-refractivity contribution >= 4 is 28.5 Å². The van der Waals surface area contributed by atoms with Crippen molar-refractivity contribution in [2.75, 3.05) is 31.5 Å². The Bertz CT molecular complexity index is 1530. The van der Waals surface area contributed by atoms with Gasteiger partial charge in [0, 0.05) is 41.7 Å². The minimum absolute atomic E-state index is 0.0117. The molecule has 2 saturated heterocycles. The van der Waals surface area contributed by atoms with Crippen molar-refractivity contribution in [2.45, 2.75) is 38.1 Å². The van der Waals surface area contributed by atoms with Crippen LogP contribution in [0, 0.1) is 11.6 Å². The second-order valence-electron chi connectivity index (χ2n) is 10.7. The third-order valence-corrected chi connectivity index (χ3v) is 7.89. The van der Waals surface area contributed by atoms with Gasteiger partial charge < -0.3 is 15.1 Å². The summed E-state index contributed by atoms with van der Waals surface area (Å²) in [5, 5.41) is 10.7. The molecule has 1 atom stereocenters. The zero-order chi connectivity index (χ0) is 27.6. The van der Waals surface area contributed by atoms with E-state index in [0.717, 1.165) is 56.2 Å². The Hall–Kier alpha value is -4.11. The van der Waals surface area contributed by atoms with Gasteiger partial charge in [-0.25, -0.2) is 8.78 Å². The Labute approximate surface area is 231 Å². The Morgan fingerprint density at radius 1 is 0.875 bits per heavy atom. The lowest BCUT2D eigenvalue weighted by Crippen LogP contribution is -2.42. The third-order valence-electron chi connectivity index (χ3n) is 7.89. The number of anilines is 1. The number of aromatic nitrogens is 2. The van der Waals surface area contributed by atoms with E-state index in [1.165, 1.54) is 25.0 Å². The second kappa shape index (κ2) is 11.2. The summed E-state index contributed by atoms with van der Waals surface area (Å²) in [4.78, 5) is 30.7. The highest BCUT2D eigenvalue weighted by atomic mass is 19.1. The van der Waals surface area contributed by atoms with Crippen LogP contribution < -0.4 is 5.32 Å². The van der Waals surface area contributed by atoms with Gasteiger partial charge in [-0.05, 0) is 105 Å². The molecule has 2 aliphatic rings. The lowest BCUT2D eigenvalue weighted by Gasteiger charge is -2.28. The van der Waals surface area contributed by atoms with Gasteiger partial charge in [0.05, 0.1) is 5.52 Å². The second-order valence-corrected chi connectivity index (χ2v) is 10.7. The molecule has 3 aromatic carbocycles. The Balaban J connectivity index is 1.13. The molecule has 0 aliphatic carbocycles. The van der Waals surface area contributed by atoms with E-state index in [4.69, 9.17) is 0 Å². The molecule has 206 valence electrons. The van der Waals surface area contributed by atoms with Gasteiger partial charge in [0.1, 0.15) is 11.6 Å². The smallest absolute Gasteiger partial charge is 0.256 e. The van der Waals surface area contributed by atoms with Gasteiger partial charge in [-0.2, -0.15) is 5.10 Å². The van der Waals surface area contributed by atoms with Crippen molar-refractivity contribution in [1.29, 1.82) is 0 Å². The number of fused-ring (bicyclic) bond motifs is 1. The van der Waals surface area contributed by atoms with Crippen LogP contribution in [-0.4, -0.2) is 64.0 Å². The fourth-order valence-corrected chi connectivity index (χ4v) is 5.88. The number of hydrogen-bond donors (Lipinski definition) is 2. The summed E-state index contributed by atoms with van der Waals surface area (Å²) in [5.41, 5.74) is 3.04. The summed E-state index contributed by atoms with van der Waals surface area (Å²) in [6.07, 6.45) is 4.84. The first-order chi connectivity index (χ1) is 19.4. The summed E-state index contributed by atoms with van der Waals surface area (Å²) >= 11 is 0. The average Bonchev–Trinajstić information content (AvgIpc) is 3.70. The summed E-state index contributed by atoms with van der Waals surface area (Å²) in [5.74, 6) is -1.23. The number of hydrogen-bond acceptors (Lipinski definition) is 4. The molecular weight excluding hydrogens is 512 g/mol. The third kappa shape index (κ3) is 5.60. The maximum absolute atomic E-state index is 13.6. The molecule has 1 aromatic heterocycles. The van der Waals surface area contributed by atoms with Crippen molar-refractivity contribution in [1.82, 2.24) is 20.0 Å². The van der Waals surface area contributed by atoms with Gasteiger partial charge in [0.25, 0.3) is 11.8 Å². The average molecular weight is 544 g/mol. The number of H-pyrrole nitrogens is 1. The highest BCUT2D eigenvalue weighted by Crippen LogP contribution is 2.25. The van der Waals surface area contributed by atoms with Crippen molar-refractivity contribution in [3.8, 4) is 0 Å². The first kappa shape index (κ1) is 26.1. The Morgan fingerprint density at radius 3 is 2.35 bits per heavy atom. The molecule has 7 nitrogen and oxygen atoms in total. The zero-order valence-corrected chi connectivity index (χ0v) is 22.1. The number of amides is 2. The van der Waals surface area contributed by atoms with Crippen LogP contribution >= 0.6 is 0 Å². The highest BCUT2D eigenvalue weighted by Gasteiger charge is 2.31. The predicted molar refractivity (Wildman–Crippen MR) is 149 cm³/mol. The first-order valence-corrected chi connectivity index (χ1v) is 13.8. The fourth-order valence-electron chi connectivity index (χ4n) is 5.88. The quantitative estimate of drug-likeness (QED) is 0.328. The van der Waals surface area contributed by atoms with E-state index in [9.17, 15) is 18.4 Å². The number of nitrogens with one attached hydrogen (secondary N) is 2. The molecule has 2 aliphatic heterocycles. The summed E-state index contributed by atoms with van der Waals surface area (Å²) in [6, 6.07) is 15.9. The van der Waals surface area contributed by atoms with Crippen molar-refractivity contribution in [2.24, 2.45) is 0 Å². The normalized spacial score (nSPS) is 17.6. The largest absolute Gasteiger partial charge is 0.334 e. The van der Waals surface area contributed by atoms with Crippen LogP contribution in [-0.2, 0) is 6.42 Å². The van der Waals surface area contributed by atoms with Crippen molar-refractivity contribution in [3.63, 3.8) is 0 Å². The molecular formula is C31H31F2N5O2. The van der Waals surface area contributed by atoms with E-state index < -0.39 is 11.6 Å². The van der Waals surface area contributed by atoms with E-state index in [2.05, 4.69) is 20.4 Å². The molecule has 3 heterocycles. The van der Waals surface area contributed by atoms with Crippen LogP contribution in [0.4, 0.5) is 14.6 Å². The van der Waals surface area contributed by atoms with Crippen LogP contribution in [0.3, 0.4) is 0 Å². The zero-order valence-electron chi connectivity index (χ0n) is 22.1. The summed E-state index contributed by atoms with van der Waals surface area (Å²) < 4.78 is 27.2. The number of likely N-dealkylation sites (tertiary alicyclic amines) is 2. The molecule has 0 radical (unpaired) electrons. The van der Waals surface area contributed by atoms with Crippen LogP contribution in [0.2, 0.25) is 0 Å². The molecule has 2 fully saturated rings. The lowest BCUT2D eigenvalue weighted by molar-refractivity contribution is 0.0708. The SMILES string of the molecule is O=C(Nc1n[nH]c2ccc(Cc3cc(F)cc(F)c3)cc12)c1ccc(C(=O)N2CCC[C@@H]2CN2CCCC2)cc1. The maximum atomic E-state index is 13.6. The van der Waals surface area contributed by atoms with Crippen LogP contribution in [0.15, 0.2) is 60.7 Å². The van der Waals surface area contributed by atoms with Crippen LogP contribution in [0.5, 0.6) is 0 Å². The standard InChI is InChI=1S/C31H31F2N5O2/c32-24-15-21(16-25(33)18-24)14-20-5-10-28-27(17-20)29(36-35-28)34-30(39)22-6-8-23(9-7-22)31(40)38-13-3-4-26(38)19-37-11-1-2-12-37/h5-10,15-18,26H,1-4,11-14,19H2,(H2,34,35,36,39)/t26-/m1/s1. The van der Waals surface area contributed by atoms with E-state index in [0.29, 0.717) is 34.3 Å². The van der Waals surface area contributed by atoms with Gasteiger partial charge in [-0.1, -0.05) is 6.07 Å². The van der Waals surface area contributed by atoms with Crippen LogP contribution in [0.1, 0.15) is 57.5 Å². The van der Waals surface area contributed by atoms with Gasteiger partial charge >= 0.3 is 0 Å². The maximum Gasteiger partial charge on any atom is 0.256 e. The molecule has 2 amide bonds. The number of benzene rings is 3. The van der Waals surface area contributed by atoms with Crippen molar-refractivity contribution in [3.05, 3.63) is 94.6 Å². The number of halogens is 2. The molecule has 9 heteroatoms. The molecule has 6 rings (SSSR count). The molecule has 0 spiro atoms.